The monoisotopic (exact) mass is 386 g/mol. The number of hydrogen-bond donors (Lipinski definition) is 1. The molecule has 146 valence electrons. The molecule has 1 N–H and O–H groups in total. The molecule has 0 fully saturated rings. The van der Waals surface area contributed by atoms with Gasteiger partial charge in [-0.2, -0.15) is 4.80 Å². The second-order valence-electron chi connectivity index (χ2n) is 6.85. The number of benzene rings is 3. The Morgan fingerprint density at radius 2 is 1.66 bits per heavy atom. The number of fused-ring (bicyclic) bond motifs is 1. The highest BCUT2D eigenvalue weighted by atomic mass is 16.5. The summed E-state index contributed by atoms with van der Waals surface area (Å²) in [6.45, 7) is 4.04. The Labute approximate surface area is 169 Å². The van der Waals surface area contributed by atoms with Gasteiger partial charge in [0.25, 0.3) is 5.91 Å². The van der Waals surface area contributed by atoms with Crippen LogP contribution in [0.2, 0.25) is 0 Å². The molecule has 0 saturated heterocycles. The zero-order valence-corrected chi connectivity index (χ0v) is 16.6. The van der Waals surface area contributed by atoms with Crippen LogP contribution in [0.25, 0.3) is 16.7 Å². The molecule has 0 bridgehead atoms. The first-order valence-corrected chi connectivity index (χ1v) is 9.50. The van der Waals surface area contributed by atoms with Crippen LogP contribution in [-0.4, -0.2) is 28.0 Å². The maximum absolute atomic E-state index is 12.6. The third-order valence-electron chi connectivity index (χ3n) is 4.90. The van der Waals surface area contributed by atoms with E-state index in [0.717, 1.165) is 34.6 Å². The van der Waals surface area contributed by atoms with Crippen LogP contribution in [0.3, 0.4) is 0 Å². The lowest BCUT2D eigenvalue weighted by Gasteiger charge is -2.08. The summed E-state index contributed by atoms with van der Waals surface area (Å²) in [6.07, 6.45) is 0.946. The quantitative estimate of drug-likeness (QED) is 0.546. The first kappa shape index (κ1) is 18.7. The Hall–Kier alpha value is -3.67. The van der Waals surface area contributed by atoms with E-state index in [1.165, 1.54) is 5.56 Å². The number of amides is 1. The minimum atomic E-state index is -0.141. The van der Waals surface area contributed by atoms with Crippen molar-refractivity contribution in [2.75, 3.05) is 12.4 Å². The second-order valence-corrected chi connectivity index (χ2v) is 6.85. The number of aromatic nitrogens is 3. The molecule has 6 heteroatoms. The van der Waals surface area contributed by atoms with Gasteiger partial charge in [-0.15, -0.1) is 10.2 Å². The van der Waals surface area contributed by atoms with Gasteiger partial charge in [0.05, 0.1) is 12.8 Å². The van der Waals surface area contributed by atoms with E-state index >= 15 is 0 Å². The number of aryl methyl sites for hydroxylation is 2. The summed E-state index contributed by atoms with van der Waals surface area (Å²) in [5, 5.41) is 12.1. The lowest BCUT2D eigenvalue weighted by molar-refractivity contribution is 0.102. The standard InChI is InChI=1S/C23H22N4O2/c1-4-16-5-7-17(8-6-16)23(28)24-20-14-22-21(13-15(20)2)25-27(26-22)18-9-11-19(29-3)12-10-18/h5-14H,4H2,1-3H3,(H,24,28). The van der Waals surface area contributed by atoms with Crippen molar-refractivity contribution in [3.63, 3.8) is 0 Å². The number of rotatable bonds is 5. The van der Waals surface area contributed by atoms with Crippen molar-refractivity contribution in [2.45, 2.75) is 20.3 Å². The van der Waals surface area contributed by atoms with Crippen molar-refractivity contribution < 1.29 is 9.53 Å². The molecule has 1 heterocycles. The smallest absolute Gasteiger partial charge is 0.255 e. The second kappa shape index (κ2) is 7.75. The molecule has 0 atom stereocenters. The molecular formula is C23H22N4O2. The summed E-state index contributed by atoms with van der Waals surface area (Å²) in [5.41, 5.74) is 5.80. The van der Waals surface area contributed by atoms with Crippen LogP contribution in [0.4, 0.5) is 5.69 Å². The number of carbonyl (C=O) groups excluding carboxylic acids is 1. The van der Waals surface area contributed by atoms with Crippen molar-refractivity contribution in [1.82, 2.24) is 15.0 Å². The van der Waals surface area contributed by atoms with Gasteiger partial charge in [-0.1, -0.05) is 19.1 Å². The van der Waals surface area contributed by atoms with E-state index in [1.807, 2.05) is 67.6 Å². The number of anilines is 1. The van der Waals surface area contributed by atoms with Crippen LogP contribution < -0.4 is 10.1 Å². The molecule has 0 aliphatic rings. The van der Waals surface area contributed by atoms with E-state index in [0.29, 0.717) is 11.1 Å². The van der Waals surface area contributed by atoms with Crippen LogP contribution >= 0.6 is 0 Å². The number of hydrogen-bond acceptors (Lipinski definition) is 4. The number of nitrogens with zero attached hydrogens (tertiary/aromatic N) is 3. The van der Waals surface area contributed by atoms with Crippen LogP contribution in [0.5, 0.6) is 5.75 Å². The third-order valence-corrected chi connectivity index (χ3v) is 4.90. The molecule has 6 nitrogen and oxygen atoms in total. The molecule has 1 amide bonds. The zero-order chi connectivity index (χ0) is 20.4. The lowest BCUT2D eigenvalue weighted by atomic mass is 10.1. The van der Waals surface area contributed by atoms with Gasteiger partial charge in [0.1, 0.15) is 16.8 Å². The Kier molecular flexibility index (Phi) is 4.99. The molecule has 0 aliphatic heterocycles. The molecule has 0 aliphatic carbocycles. The van der Waals surface area contributed by atoms with Crippen molar-refractivity contribution >= 4 is 22.6 Å². The molecule has 0 radical (unpaired) electrons. The Bertz CT molecular complexity index is 1160. The number of methoxy groups -OCH3 is 1. The summed E-state index contributed by atoms with van der Waals surface area (Å²) in [7, 11) is 1.63. The highest BCUT2D eigenvalue weighted by Crippen LogP contribution is 2.23. The summed E-state index contributed by atoms with van der Waals surface area (Å²) in [5.74, 6) is 0.635. The Balaban J connectivity index is 1.61. The largest absolute Gasteiger partial charge is 0.497 e. The van der Waals surface area contributed by atoms with E-state index in [4.69, 9.17) is 4.74 Å². The highest BCUT2D eigenvalue weighted by molar-refractivity contribution is 6.05. The van der Waals surface area contributed by atoms with Gasteiger partial charge in [-0.3, -0.25) is 4.79 Å². The molecule has 0 saturated carbocycles. The SMILES string of the molecule is CCc1ccc(C(=O)Nc2cc3nn(-c4ccc(OC)cc4)nc3cc2C)cc1. The molecule has 3 aromatic carbocycles. The van der Waals surface area contributed by atoms with Crippen LogP contribution in [0, 0.1) is 6.92 Å². The van der Waals surface area contributed by atoms with Crippen molar-refractivity contribution in [1.29, 1.82) is 0 Å². The summed E-state index contributed by atoms with van der Waals surface area (Å²) in [4.78, 5) is 14.2. The van der Waals surface area contributed by atoms with Crippen LogP contribution in [0.1, 0.15) is 28.4 Å². The van der Waals surface area contributed by atoms with E-state index in [2.05, 4.69) is 22.4 Å². The summed E-state index contributed by atoms with van der Waals surface area (Å²) in [6, 6.07) is 19.0. The fraction of sp³-hybridized carbons (Fsp3) is 0.174. The molecular weight excluding hydrogens is 364 g/mol. The van der Waals surface area contributed by atoms with Gasteiger partial charge in [-0.05, 0) is 73.0 Å². The maximum Gasteiger partial charge on any atom is 0.255 e. The van der Waals surface area contributed by atoms with Gasteiger partial charge in [0.2, 0.25) is 0 Å². The average molecular weight is 386 g/mol. The number of carbonyl (C=O) groups is 1. The van der Waals surface area contributed by atoms with Gasteiger partial charge in [0, 0.05) is 11.3 Å². The Morgan fingerprint density at radius 1 is 1.00 bits per heavy atom. The van der Waals surface area contributed by atoms with Crippen molar-refractivity contribution in [3.8, 4) is 11.4 Å². The molecule has 4 rings (SSSR count). The topological polar surface area (TPSA) is 69.0 Å². The highest BCUT2D eigenvalue weighted by Gasteiger charge is 2.12. The van der Waals surface area contributed by atoms with Crippen molar-refractivity contribution in [2.24, 2.45) is 0 Å². The molecule has 1 aromatic heterocycles. The molecule has 4 aromatic rings. The molecule has 0 unspecified atom stereocenters. The van der Waals surface area contributed by atoms with Gasteiger partial charge in [0.15, 0.2) is 0 Å². The fourth-order valence-corrected chi connectivity index (χ4v) is 3.12. The predicted molar refractivity (Wildman–Crippen MR) is 114 cm³/mol. The average Bonchev–Trinajstić information content (AvgIpc) is 3.16. The zero-order valence-electron chi connectivity index (χ0n) is 16.6. The number of ether oxygens (including phenoxy) is 1. The normalized spacial score (nSPS) is 10.9. The predicted octanol–water partition coefficient (Wildman–Crippen LogP) is 4.55. The minimum absolute atomic E-state index is 0.141. The van der Waals surface area contributed by atoms with E-state index < -0.39 is 0 Å². The summed E-state index contributed by atoms with van der Waals surface area (Å²) >= 11 is 0. The Morgan fingerprint density at radius 3 is 2.28 bits per heavy atom. The molecule has 0 spiro atoms. The fourth-order valence-electron chi connectivity index (χ4n) is 3.12. The van der Waals surface area contributed by atoms with Crippen molar-refractivity contribution in [3.05, 3.63) is 77.4 Å². The first-order chi connectivity index (χ1) is 14.1. The van der Waals surface area contributed by atoms with Gasteiger partial charge < -0.3 is 10.1 Å². The first-order valence-electron chi connectivity index (χ1n) is 9.50. The summed E-state index contributed by atoms with van der Waals surface area (Å²) < 4.78 is 5.19. The van der Waals surface area contributed by atoms with E-state index in [1.54, 1.807) is 11.9 Å². The third kappa shape index (κ3) is 3.82. The maximum atomic E-state index is 12.6. The number of nitrogens with one attached hydrogen (secondary N) is 1. The van der Waals surface area contributed by atoms with E-state index in [-0.39, 0.29) is 5.91 Å². The lowest BCUT2D eigenvalue weighted by Crippen LogP contribution is -2.12. The van der Waals surface area contributed by atoms with E-state index in [9.17, 15) is 4.79 Å². The van der Waals surface area contributed by atoms with Gasteiger partial charge >= 0.3 is 0 Å². The van der Waals surface area contributed by atoms with Gasteiger partial charge in [-0.25, -0.2) is 0 Å². The van der Waals surface area contributed by atoms with Crippen LogP contribution in [0.15, 0.2) is 60.7 Å². The molecule has 29 heavy (non-hydrogen) atoms. The minimum Gasteiger partial charge on any atom is -0.497 e. The van der Waals surface area contributed by atoms with Crippen LogP contribution in [-0.2, 0) is 6.42 Å².